The second-order valence-electron chi connectivity index (χ2n) is 5.52. The smallest absolute Gasteiger partial charge is 0.223 e. The minimum absolute atomic E-state index is 0. The molecule has 0 spiro atoms. The van der Waals surface area contributed by atoms with Crippen molar-refractivity contribution < 1.29 is 9.53 Å². The molecule has 0 radical (unpaired) electrons. The summed E-state index contributed by atoms with van der Waals surface area (Å²) in [6.45, 7) is 5.11. The highest BCUT2D eigenvalue weighted by atomic mass is 35.5. The van der Waals surface area contributed by atoms with E-state index in [9.17, 15) is 4.79 Å². The van der Waals surface area contributed by atoms with Crippen molar-refractivity contribution in [2.75, 3.05) is 33.4 Å². The summed E-state index contributed by atoms with van der Waals surface area (Å²) in [5.74, 6) is 0.525. The van der Waals surface area contributed by atoms with E-state index in [0.29, 0.717) is 18.9 Å². The van der Waals surface area contributed by atoms with Gasteiger partial charge >= 0.3 is 0 Å². The molecule has 2 atom stereocenters. The van der Waals surface area contributed by atoms with Gasteiger partial charge in [0.05, 0.1) is 13.2 Å². The van der Waals surface area contributed by atoms with Gasteiger partial charge in [0.2, 0.25) is 5.91 Å². The number of likely N-dealkylation sites (N-methyl/N-ethyl adjacent to an activating group) is 1. The number of morpholine rings is 1. The Balaban J connectivity index is 0.00000220. The summed E-state index contributed by atoms with van der Waals surface area (Å²) in [5, 5.41) is 3.32. The lowest BCUT2D eigenvalue weighted by Gasteiger charge is -2.27. The molecule has 1 N–H and O–H groups in total. The molecule has 118 valence electrons. The molecule has 2 unspecified atom stereocenters. The van der Waals surface area contributed by atoms with E-state index in [1.165, 1.54) is 5.56 Å². The van der Waals surface area contributed by atoms with Crippen LogP contribution in [0.25, 0.3) is 0 Å². The van der Waals surface area contributed by atoms with Gasteiger partial charge in [-0.05, 0) is 11.5 Å². The Labute approximate surface area is 133 Å². The van der Waals surface area contributed by atoms with Gasteiger partial charge in [0.1, 0.15) is 0 Å². The highest BCUT2D eigenvalue weighted by molar-refractivity contribution is 5.85. The first-order valence-corrected chi connectivity index (χ1v) is 7.27. The molecule has 1 aliphatic rings. The SMILES string of the molecule is CC(CN(C)C(=O)CC1COCCN1)c1ccccc1.Cl. The second-order valence-corrected chi connectivity index (χ2v) is 5.52. The number of amides is 1. The summed E-state index contributed by atoms with van der Waals surface area (Å²) >= 11 is 0. The number of nitrogens with zero attached hydrogens (tertiary/aromatic N) is 1. The predicted octanol–water partition coefficient (Wildman–Crippen LogP) is 2.05. The average Bonchev–Trinajstić information content (AvgIpc) is 2.49. The van der Waals surface area contributed by atoms with E-state index >= 15 is 0 Å². The monoisotopic (exact) mass is 312 g/mol. The Kier molecular flexibility index (Phi) is 7.72. The zero-order chi connectivity index (χ0) is 14.4. The summed E-state index contributed by atoms with van der Waals surface area (Å²) in [4.78, 5) is 14.0. The largest absolute Gasteiger partial charge is 0.378 e. The number of carbonyl (C=O) groups excluding carboxylic acids is 1. The number of halogens is 1. The van der Waals surface area contributed by atoms with E-state index in [4.69, 9.17) is 4.74 Å². The predicted molar refractivity (Wildman–Crippen MR) is 87.0 cm³/mol. The van der Waals surface area contributed by atoms with E-state index in [1.807, 2.05) is 30.1 Å². The van der Waals surface area contributed by atoms with Gasteiger partial charge in [-0.15, -0.1) is 12.4 Å². The van der Waals surface area contributed by atoms with Gasteiger partial charge in [0, 0.05) is 32.6 Å². The van der Waals surface area contributed by atoms with Crippen molar-refractivity contribution in [2.24, 2.45) is 0 Å². The quantitative estimate of drug-likeness (QED) is 0.905. The summed E-state index contributed by atoms with van der Waals surface area (Å²) in [7, 11) is 1.88. The maximum atomic E-state index is 12.2. The van der Waals surface area contributed by atoms with Crippen LogP contribution in [0.5, 0.6) is 0 Å². The highest BCUT2D eigenvalue weighted by Crippen LogP contribution is 2.16. The van der Waals surface area contributed by atoms with Gasteiger partial charge in [-0.25, -0.2) is 0 Å². The minimum atomic E-state index is 0. The van der Waals surface area contributed by atoms with Crippen LogP contribution in [0.3, 0.4) is 0 Å². The van der Waals surface area contributed by atoms with Crippen LogP contribution in [0, 0.1) is 0 Å². The van der Waals surface area contributed by atoms with Gasteiger partial charge in [0.25, 0.3) is 0 Å². The van der Waals surface area contributed by atoms with Gasteiger partial charge in [-0.2, -0.15) is 0 Å². The summed E-state index contributed by atoms with van der Waals surface area (Å²) in [5.41, 5.74) is 1.27. The third-order valence-electron chi connectivity index (χ3n) is 3.76. The minimum Gasteiger partial charge on any atom is -0.378 e. The number of hydrogen-bond donors (Lipinski definition) is 1. The van der Waals surface area contributed by atoms with Crippen molar-refractivity contribution >= 4 is 18.3 Å². The molecule has 0 saturated carbocycles. The van der Waals surface area contributed by atoms with Crippen molar-refractivity contribution in [1.82, 2.24) is 10.2 Å². The van der Waals surface area contributed by atoms with Crippen LogP contribution in [0.15, 0.2) is 30.3 Å². The van der Waals surface area contributed by atoms with Gasteiger partial charge in [0.15, 0.2) is 0 Å². The van der Waals surface area contributed by atoms with Crippen LogP contribution in [-0.2, 0) is 9.53 Å². The Morgan fingerprint density at radius 3 is 2.76 bits per heavy atom. The first kappa shape index (κ1) is 18.0. The molecule has 0 aliphatic carbocycles. The van der Waals surface area contributed by atoms with Gasteiger partial charge < -0.3 is 15.0 Å². The molecule has 21 heavy (non-hydrogen) atoms. The molecule has 0 aromatic heterocycles. The molecule has 1 aromatic carbocycles. The van der Waals surface area contributed by atoms with Crippen molar-refractivity contribution in [3.8, 4) is 0 Å². The molecule has 1 fully saturated rings. The molecule has 5 heteroatoms. The van der Waals surface area contributed by atoms with E-state index in [-0.39, 0.29) is 24.4 Å². The molecule has 1 aromatic rings. The number of ether oxygens (including phenoxy) is 1. The van der Waals surface area contributed by atoms with Crippen LogP contribution < -0.4 is 5.32 Å². The molecular formula is C16H25ClN2O2. The Morgan fingerprint density at radius 1 is 1.43 bits per heavy atom. The normalized spacial score (nSPS) is 19.4. The zero-order valence-corrected chi connectivity index (χ0v) is 13.6. The van der Waals surface area contributed by atoms with Crippen LogP contribution in [0.1, 0.15) is 24.8 Å². The summed E-state index contributed by atoms with van der Waals surface area (Å²) in [6, 6.07) is 10.5. The molecule has 1 aliphatic heterocycles. The Morgan fingerprint density at radius 2 is 2.14 bits per heavy atom. The van der Waals surface area contributed by atoms with Gasteiger partial charge in [-0.3, -0.25) is 4.79 Å². The molecule has 0 bridgehead atoms. The first-order chi connectivity index (χ1) is 9.66. The average molecular weight is 313 g/mol. The molecule has 1 amide bonds. The molecule has 1 saturated heterocycles. The lowest BCUT2D eigenvalue weighted by atomic mass is 10.0. The third kappa shape index (κ3) is 5.65. The number of nitrogens with one attached hydrogen (secondary N) is 1. The molecular weight excluding hydrogens is 288 g/mol. The Bertz CT molecular complexity index is 422. The zero-order valence-electron chi connectivity index (χ0n) is 12.7. The topological polar surface area (TPSA) is 41.6 Å². The fourth-order valence-electron chi connectivity index (χ4n) is 2.52. The van der Waals surface area contributed by atoms with Crippen molar-refractivity contribution in [3.63, 3.8) is 0 Å². The fraction of sp³-hybridized carbons (Fsp3) is 0.562. The second kappa shape index (κ2) is 9.03. The van der Waals surface area contributed by atoms with Crippen LogP contribution >= 0.6 is 12.4 Å². The van der Waals surface area contributed by atoms with Crippen molar-refractivity contribution in [3.05, 3.63) is 35.9 Å². The van der Waals surface area contributed by atoms with Crippen molar-refractivity contribution in [1.29, 1.82) is 0 Å². The maximum Gasteiger partial charge on any atom is 0.223 e. The van der Waals surface area contributed by atoms with Gasteiger partial charge in [-0.1, -0.05) is 37.3 Å². The number of rotatable bonds is 5. The number of hydrogen-bond acceptors (Lipinski definition) is 3. The van der Waals surface area contributed by atoms with E-state index in [2.05, 4.69) is 24.4 Å². The maximum absolute atomic E-state index is 12.2. The van der Waals surface area contributed by atoms with Crippen LogP contribution in [-0.4, -0.2) is 50.2 Å². The summed E-state index contributed by atoms with van der Waals surface area (Å²) in [6.07, 6.45) is 0.512. The Hall–Kier alpha value is -1.10. The fourth-order valence-corrected chi connectivity index (χ4v) is 2.52. The lowest BCUT2D eigenvalue weighted by Crippen LogP contribution is -2.44. The summed E-state index contributed by atoms with van der Waals surface area (Å²) < 4.78 is 5.38. The number of carbonyl (C=O) groups is 1. The lowest BCUT2D eigenvalue weighted by molar-refractivity contribution is -0.131. The molecule has 1 heterocycles. The molecule has 2 rings (SSSR count). The highest BCUT2D eigenvalue weighted by Gasteiger charge is 2.20. The standard InChI is InChI=1S/C16H24N2O2.ClH/c1-13(14-6-4-3-5-7-14)11-18(2)16(19)10-15-12-20-9-8-17-15;/h3-7,13,15,17H,8-12H2,1-2H3;1H. The third-order valence-corrected chi connectivity index (χ3v) is 3.76. The van der Waals surface area contributed by atoms with E-state index < -0.39 is 0 Å². The van der Waals surface area contributed by atoms with Crippen molar-refractivity contribution in [2.45, 2.75) is 25.3 Å². The molecule has 4 nitrogen and oxygen atoms in total. The van der Waals surface area contributed by atoms with E-state index in [1.54, 1.807) is 0 Å². The first-order valence-electron chi connectivity index (χ1n) is 7.27. The number of benzene rings is 1. The van der Waals surface area contributed by atoms with Crippen LogP contribution in [0.4, 0.5) is 0 Å². The van der Waals surface area contributed by atoms with E-state index in [0.717, 1.165) is 19.7 Å². The van der Waals surface area contributed by atoms with Crippen LogP contribution in [0.2, 0.25) is 0 Å².